The lowest BCUT2D eigenvalue weighted by atomic mass is 9.43. The molecule has 4 rings (SSSR count). The molecule has 0 aliphatic heterocycles. The number of rotatable bonds is 7. The number of hydrogen-bond acceptors (Lipinski definition) is 1. The van der Waals surface area contributed by atoms with Crippen molar-refractivity contribution >= 4 is 0 Å². The highest BCUT2D eigenvalue weighted by Crippen LogP contribution is 2.69. The smallest absolute Gasteiger partial charge is 0.0574 e. The molecular formula is C30H52O. The van der Waals surface area contributed by atoms with Crippen molar-refractivity contribution in [3.63, 3.8) is 0 Å². The number of hydrogen-bond donors (Lipinski definition) is 1. The minimum atomic E-state index is -0.0935. The fraction of sp³-hybridized carbons (Fsp3) is 0.933. The quantitative estimate of drug-likeness (QED) is 0.404. The molecule has 1 N–H and O–H groups in total. The number of allylic oxidation sites excluding steroid dienone is 1. The molecule has 4 aliphatic rings. The molecule has 0 spiro atoms. The first-order chi connectivity index (χ1) is 14.7. The van der Waals surface area contributed by atoms with Gasteiger partial charge < -0.3 is 5.11 Å². The maximum atomic E-state index is 10.8. The van der Waals surface area contributed by atoms with E-state index in [1.165, 1.54) is 64.2 Å². The summed E-state index contributed by atoms with van der Waals surface area (Å²) in [4.78, 5) is 0. The highest BCUT2D eigenvalue weighted by atomic mass is 16.3. The average molecular weight is 429 g/mol. The van der Waals surface area contributed by atoms with Crippen LogP contribution < -0.4 is 0 Å². The molecule has 1 nitrogen and oxygen atoms in total. The summed E-state index contributed by atoms with van der Waals surface area (Å²) in [5.41, 5.74) is 1.05. The zero-order chi connectivity index (χ0) is 22.4. The van der Waals surface area contributed by atoms with Crippen LogP contribution in [0.25, 0.3) is 0 Å². The Morgan fingerprint density at radius 2 is 1.55 bits per heavy atom. The standard InChI is InChI=1S/C30H52O/c1-7-9-23-26-13-12-22-25-15-14-24(21(4)11-8-10-20(2)3)29(25,5)18-16-27(22)30(26,6)19-17-28(23)31/h7,20-28,31H,1,8-19H2,2-6H3/t21-,22-,23-,24+,25-,26-,27-,28-,29+,30-/m0/s1. The number of aliphatic hydroxyl groups is 1. The Labute approximate surface area is 193 Å². The second-order valence-corrected chi connectivity index (χ2v) is 13.4. The lowest BCUT2D eigenvalue weighted by molar-refractivity contribution is -0.152. The molecule has 0 amide bonds. The first kappa shape index (κ1) is 23.8. The van der Waals surface area contributed by atoms with Crippen LogP contribution in [-0.4, -0.2) is 11.2 Å². The Morgan fingerprint density at radius 3 is 2.26 bits per heavy atom. The molecule has 4 aliphatic carbocycles. The van der Waals surface area contributed by atoms with Gasteiger partial charge in [0.05, 0.1) is 6.10 Å². The average Bonchev–Trinajstić information content (AvgIpc) is 3.07. The largest absolute Gasteiger partial charge is 0.393 e. The molecule has 178 valence electrons. The van der Waals surface area contributed by atoms with Crippen molar-refractivity contribution in [2.24, 2.45) is 58.2 Å². The van der Waals surface area contributed by atoms with Gasteiger partial charge in [0, 0.05) is 0 Å². The lowest BCUT2D eigenvalue weighted by Crippen LogP contribution is -2.56. The SMILES string of the molecule is C=CC[C@@H]1[C@@H](O)CC[C@@]2(C)[C@H]1CC[C@@H]1[C@@H]2CC[C@]2(C)[C@@H]([C@@H](C)CCCC(C)C)CC[C@@H]12. The van der Waals surface area contributed by atoms with Crippen LogP contribution in [0.3, 0.4) is 0 Å². The van der Waals surface area contributed by atoms with Crippen LogP contribution >= 0.6 is 0 Å². The molecule has 4 saturated carbocycles. The van der Waals surface area contributed by atoms with Crippen molar-refractivity contribution in [3.8, 4) is 0 Å². The van der Waals surface area contributed by atoms with Gasteiger partial charge in [-0.2, -0.15) is 0 Å². The van der Waals surface area contributed by atoms with E-state index < -0.39 is 0 Å². The molecule has 1 heteroatoms. The van der Waals surface area contributed by atoms with Gasteiger partial charge in [0.2, 0.25) is 0 Å². The van der Waals surface area contributed by atoms with Gasteiger partial charge in [-0.25, -0.2) is 0 Å². The molecule has 0 saturated heterocycles. The van der Waals surface area contributed by atoms with Crippen LogP contribution in [0.15, 0.2) is 12.7 Å². The van der Waals surface area contributed by atoms with Crippen molar-refractivity contribution in [2.75, 3.05) is 0 Å². The van der Waals surface area contributed by atoms with E-state index >= 15 is 0 Å². The Bertz CT molecular complexity index is 624. The van der Waals surface area contributed by atoms with E-state index in [4.69, 9.17) is 0 Å². The predicted molar refractivity (Wildman–Crippen MR) is 133 cm³/mol. The van der Waals surface area contributed by atoms with Crippen LogP contribution in [0.2, 0.25) is 0 Å². The monoisotopic (exact) mass is 428 g/mol. The van der Waals surface area contributed by atoms with E-state index in [9.17, 15) is 5.11 Å². The van der Waals surface area contributed by atoms with E-state index in [1.54, 1.807) is 0 Å². The maximum absolute atomic E-state index is 10.8. The van der Waals surface area contributed by atoms with Crippen LogP contribution in [0.4, 0.5) is 0 Å². The van der Waals surface area contributed by atoms with E-state index in [-0.39, 0.29) is 6.10 Å². The van der Waals surface area contributed by atoms with Gasteiger partial charge in [0.25, 0.3) is 0 Å². The Morgan fingerprint density at radius 1 is 0.871 bits per heavy atom. The highest BCUT2D eigenvalue weighted by molar-refractivity contribution is 5.11. The Kier molecular flexibility index (Phi) is 7.04. The third kappa shape index (κ3) is 4.08. The Hall–Kier alpha value is -0.300. The van der Waals surface area contributed by atoms with Crippen molar-refractivity contribution in [2.45, 2.75) is 118 Å². The second-order valence-electron chi connectivity index (χ2n) is 13.4. The summed E-state index contributed by atoms with van der Waals surface area (Å²) in [6.07, 6.45) is 18.2. The van der Waals surface area contributed by atoms with Gasteiger partial charge in [0.15, 0.2) is 0 Å². The van der Waals surface area contributed by atoms with Gasteiger partial charge in [-0.1, -0.05) is 60.0 Å². The second kappa shape index (κ2) is 9.15. The van der Waals surface area contributed by atoms with E-state index in [0.717, 1.165) is 48.3 Å². The molecule has 0 radical (unpaired) electrons. The van der Waals surface area contributed by atoms with Crippen molar-refractivity contribution in [1.29, 1.82) is 0 Å². The van der Waals surface area contributed by atoms with E-state index in [1.807, 2.05) is 0 Å². The van der Waals surface area contributed by atoms with E-state index in [2.05, 4.69) is 47.3 Å². The minimum absolute atomic E-state index is 0.0935. The highest BCUT2D eigenvalue weighted by Gasteiger charge is 2.61. The molecular weight excluding hydrogens is 376 g/mol. The molecule has 4 fully saturated rings. The lowest BCUT2D eigenvalue weighted by Gasteiger charge is -2.62. The normalized spacial score (nSPS) is 48.0. The van der Waals surface area contributed by atoms with Crippen molar-refractivity contribution in [1.82, 2.24) is 0 Å². The predicted octanol–water partition coefficient (Wildman–Crippen LogP) is 8.27. The molecule has 0 unspecified atom stereocenters. The summed E-state index contributed by atoms with van der Waals surface area (Å²) < 4.78 is 0. The van der Waals surface area contributed by atoms with Crippen LogP contribution in [0.5, 0.6) is 0 Å². The zero-order valence-electron chi connectivity index (χ0n) is 21.4. The fourth-order valence-electron chi connectivity index (χ4n) is 10.0. The molecule has 0 aromatic rings. The van der Waals surface area contributed by atoms with Gasteiger partial charge in [0.1, 0.15) is 0 Å². The third-order valence-corrected chi connectivity index (χ3v) is 11.6. The van der Waals surface area contributed by atoms with Crippen LogP contribution in [0, 0.1) is 58.2 Å². The topological polar surface area (TPSA) is 20.2 Å². The molecule has 10 atom stereocenters. The minimum Gasteiger partial charge on any atom is -0.393 e. The summed E-state index contributed by atoms with van der Waals surface area (Å²) in [6.45, 7) is 16.7. The first-order valence-corrected chi connectivity index (χ1v) is 14.0. The van der Waals surface area contributed by atoms with Crippen LogP contribution in [0.1, 0.15) is 112 Å². The number of aliphatic hydroxyl groups excluding tert-OH is 1. The summed E-state index contributed by atoms with van der Waals surface area (Å²) in [5.74, 6) is 6.70. The van der Waals surface area contributed by atoms with Gasteiger partial charge >= 0.3 is 0 Å². The van der Waals surface area contributed by atoms with Gasteiger partial charge in [-0.05, 0) is 116 Å². The summed E-state index contributed by atoms with van der Waals surface area (Å²) in [7, 11) is 0. The van der Waals surface area contributed by atoms with Crippen molar-refractivity contribution in [3.05, 3.63) is 12.7 Å². The third-order valence-electron chi connectivity index (χ3n) is 11.6. The molecule has 0 aromatic carbocycles. The van der Waals surface area contributed by atoms with Gasteiger partial charge in [-0.15, -0.1) is 6.58 Å². The van der Waals surface area contributed by atoms with Crippen molar-refractivity contribution < 1.29 is 5.11 Å². The number of fused-ring (bicyclic) bond motifs is 5. The molecule has 0 heterocycles. The maximum Gasteiger partial charge on any atom is 0.0574 e. The van der Waals surface area contributed by atoms with Gasteiger partial charge in [-0.3, -0.25) is 0 Å². The fourth-order valence-corrected chi connectivity index (χ4v) is 10.0. The Balaban J connectivity index is 1.49. The molecule has 0 bridgehead atoms. The van der Waals surface area contributed by atoms with E-state index in [0.29, 0.717) is 22.7 Å². The summed E-state index contributed by atoms with van der Waals surface area (Å²) in [6, 6.07) is 0. The zero-order valence-corrected chi connectivity index (χ0v) is 21.4. The first-order valence-electron chi connectivity index (χ1n) is 14.0. The molecule has 31 heavy (non-hydrogen) atoms. The van der Waals surface area contributed by atoms with Crippen LogP contribution in [-0.2, 0) is 0 Å². The summed E-state index contributed by atoms with van der Waals surface area (Å²) in [5, 5.41) is 10.8. The summed E-state index contributed by atoms with van der Waals surface area (Å²) >= 11 is 0. The molecule has 0 aromatic heterocycles.